The van der Waals surface area contributed by atoms with Crippen molar-refractivity contribution in [2.24, 2.45) is 5.92 Å². The molecule has 6 nitrogen and oxygen atoms in total. The normalized spacial score (nSPS) is 22.1. The van der Waals surface area contributed by atoms with Gasteiger partial charge in [-0.05, 0) is 37.8 Å². The SMILES string of the molecule is CC1CN(C(=O)C2CCN(C(=O)NC(c3ccccc3)c3ccccc3)CC2)CC(C)N1. The van der Waals surface area contributed by atoms with Crippen molar-refractivity contribution in [1.29, 1.82) is 0 Å². The average Bonchev–Trinajstić information content (AvgIpc) is 2.82. The van der Waals surface area contributed by atoms with Crippen molar-refractivity contribution in [3.63, 3.8) is 0 Å². The van der Waals surface area contributed by atoms with Crippen molar-refractivity contribution >= 4 is 11.9 Å². The first-order valence-corrected chi connectivity index (χ1v) is 11.7. The first-order valence-electron chi connectivity index (χ1n) is 11.7. The first kappa shape index (κ1) is 22.3. The van der Waals surface area contributed by atoms with Gasteiger partial charge in [-0.2, -0.15) is 0 Å². The maximum atomic E-state index is 13.1. The number of piperidine rings is 1. The smallest absolute Gasteiger partial charge is 0.318 e. The molecular weight excluding hydrogens is 400 g/mol. The monoisotopic (exact) mass is 434 g/mol. The molecule has 6 heteroatoms. The summed E-state index contributed by atoms with van der Waals surface area (Å²) in [5.41, 5.74) is 2.11. The Labute approximate surface area is 191 Å². The van der Waals surface area contributed by atoms with Crippen LogP contribution >= 0.6 is 0 Å². The highest BCUT2D eigenvalue weighted by atomic mass is 16.2. The number of amides is 3. The molecule has 170 valence electrons. The molecule has 0 aliphatic carbocycles. The Kier molecular flexibility index (Phi) is 7.10. The Morgan fingerprint density at radius 1 is 0.844 bits per heavy atom. The van der Waals surface area contributed by atoms with Gasteiger partial charge in [0.2, 0.25) is 5.91 Å². The highest BCUT2D eigenvalue weighted by Gasteiger charge is 2.33. The molecule has 0 spiro atoms. The van der Waals surface area contributed by atoms with Gasteiger partial charge in [0.1, 0.15) is 0 Å². The van der Waals surface area contributed by atoms with Crippen molar-refractivity contribution in [3.8, 4) is 0 Å². The van der Waals surface area contributed by atoms with Crippen LogP contribution in [0, 0.1) is 5.92 Å². The van der Waals surface area contributed by atoms with Crippen LogP contribution in [0.2, 0.25) is 0 Å². The summed E-state index contributed by atoms with van der Waals surface area (Å²) in [5, 5.41) is 6.70. The van der Waals surface area contributed by atoms with E-state index in [4.69, 9.17) is 0 Å². The Bertz CT molecular complexity index is 847. The number of carbonyl (C=O) groups excluding carboxylic acids is 2. The molecule has 2 saturated heterocycles. The maximum absolute atomic E-state index is 13.1. The third kappa shape index (κ3) is 5.30. The molecule has 2 heterocycles. The van der Waals surface area contributed by atoms with Gasteiger partial charge >= 0.3 is 6.03 Å². The van der Waals surface area contributed by atoms with Crippen molar-refractivity contribution in [2.45, 2.75) is 44.8 Å². The molecule has 2 N–H and O–H groups in total. The molecule has 2 aliphatic rings. The summed E-state index contributed by atoms with van der Waals surface area (Å²) in [6.07, 6.45) is 1.45. The first-order chi connectivity index (χ1) is 15.5. The molecular formula is C26H34N4O2. The summed E-state index contributed by atoms with van der Waals surface area (Å²) < 4.78 is 0. The second kappa shape index (κ2) is 10.2. The van der Waals surface area contributed by atoms with E-state index in [1.54, 1.807) is 0 Å². The van der Waals surface area contributed by atoms with Gasteiger partial charge in [-0.1, -0.05) is 60.7 Å². The van der Waals surface area contributed by atoms with Crippen LogP contribution in [0.1, 0.15) is 43.9 Å². The van der Waals surface area contributed by atoms with E-state index in [2.05, 4.69) is 24.5 Å². The lowest BCUT2D eigenvalue weighted by atomic mass is 9.94. The standard InChI is InChI=1S/C26H34N4O2/c1-19-17-30(18-20(2)27-19)25(31)23-13-15-29(16-14-23)26(32)28-24(21-9-5-3-6-10-21)22-11-7-4-8-12-22/h3-12,19-20,23-24,27H,13-18H2,1-2H3,(H,28,32). The van der Waals surface area contributed by atoms with Gasteiger partial charge in [0.25, 0.3) is 0 Å². The van der Waals surface area contributed by atoms with Crippen molar-refractivity contribution < 1.29 is 9.59 Å². The molecule has 32 heavy (non-hydrogen) atoms. The molecule has 2 unspecified atom stereocenters. The Balaban J connectivity index is 1.37. The summed E-state index contributed by atoms with van der Waals surface area (Å²) in [6, 6.07) is 20.5. The molecule has 0 aromatic heterocycles. The van der Waals surface area contributed by atoms with Crippen molar-refractivity contribution in [3.05, 3.63) is 71.8 Å². The second-order valence-electron chi connectivity index (χ2n) is 9.18. The Morgan fingerprint density at radius 3 is 1.84 bits per heavy atom. The minimum Gasteiger partial charge on any atom is -0.339 e. The minimum absolute atomic E-state index is 0.00981. The summed E-state index contributed by atoms with van der Waals surface area (Å²) in [6.45, 7) is 6.99. The number of benzene rings is 2. The van der Waals surface area contributed by atoms with Crippen LogP contribution in [0.25, 0.3) is 0 Å². The van der Waals surface area contributed by atoms with Crippen molar-refractivity contribution in [1.82, 2.24) is 20.4 Å². The van der Waals surface area contributed by atoms with Crippen LogP contribution in [-0.4, -0.2) is 60.0 Å². The van der Waals surface area contributed by atoms with Gasteiger partial charge in [0, 0.05) is 44.2 Å². The van der Waals surface area contributed by atoms with Gasteiger partial charge in [-0.3, -0.25) is 4.79 Å². The number of hydrogen-bond acceptors (Lipinski definition) is 3. The fourth-order valence-electron chi connectivity index (χ4n) is 4.96. The van der Waals surface area contributed by atoms with Crippen LogP contribution in [-0.2, 0) is 4.79 Å². The van der Waals surface area contributed by atoms with E-state index >= 15 is 0 Å². The summed E-state index contributed by atoms with van der Waals surface area (Å²) in [4.78, 5) is 30.0. The predicted octanol–water partition coefficient (Wildman–Crippen LogP) is 3.41. The van der Waals surface area contributed by atoms with E-state index in [1.807, 2.05) is 70.5 Å². The lowest BCUT2D eigenvalue weighted by Gasteiger charge is -2.40. The predicted molar refractivity (Wildman–Crippen MR) is 126 cm³/mol. The number of likely N-dealkylation sites (tertiary alicyclic amines) is 1. The lowest BCUT2D eigenvalue weighted by molar-refractivity contribution is -0.138. The molecule has 2 aromatic carbocycles. The van der Waals surface area contributed by atoms with Crippen LogP contribution in [0.3, 0.4) is 0 Å². The van der Waals surface area contributed by atoms with Gasteiger partial charge in [-0.15, -0.1) is 0 Å². The molecule has 0 saturated carbocycles. The highest BCUT2D eigenvalue weighted by Crippen LogP contribution is 2.24. The molecule has 4 rings (SSSR count). The van der Waals surface area contributed by atoms with Crippen molar-refractivity contribution in [2.75, 3.05) is 26.2 Å². The average molecular weight is 435 g/mol. The number of piperazine rings is 1. The Hall–Kier alpha value is -2.86. The second-order valence-corrected chi connectivity index (χ2v) is 9.18. The fraction of sp³-hybridized carbons (Fsp3) is 0.462. The number of carbonyl (C=O) groups is 2. The quantitative estimate of drug-likeness (QED) is 0.775. The highest BCUT2D eigenvalue weighted by molar-refractivity contribution is 5.80. The van der Waals surface area contributed by atoms with Crippen LogP contribution < -0.4 is 10.6 Å². The van der Waals surface area contributed by atoms with Gasteiger partial charge < -0.3 is 20.4 Å². The van der Waals surface area contributed by atoms with E-state index in [9.17, 15) is 9.59 Å². The number of rotatable bonds is 4. The molecule has 0 bridgehead atoms. The third-order valence-corrected chi connectivity index (χ3v) is 6.53. The molecule has 3 amide bonds. The summed E-state index contributed by atoms with van der Waals surface area (Å²) in [5.74, 6) is 0.257. The molecule has 2 atom stereocenters. The molecule has 2 aromatic rings. The van der Waals surface area contributed by atoms with Gasteiger partial charge in [0.05, 0.1) is 6.04 Å². The number of hydrogen-bond donors (Lipinski definition) is 2. The largest absolute Gasteiger partial charge is 0.339 e. The van der Waals surface area contributed by atoms with Crippen LogP contribution in [0.5, 0.6) is 0 Å². The van der Waals surface area contributed by atoms with E-state index in [0.29, 0.717) is 25.2 Å². The van der Waals surface area contributed by atoms with Gasteiger partial charge in [-0.25, -0.2) is 4.79 Å². The number of nitrogens with one attached hydrogen (secondary N) is 2. The zero-order valence-electron chi connectivity index (χ0n) is 19.0. The molecule has 2 aliphatic heterocycles. The fourth-order valence-corrected chi connectivity index (χ4v) is 4.96. The topological polar surface area (TPSA) is 64.7 Å². The lowest BCUT2D eigenvalue weighted by Crippen LogP contribution is -2.57. The summed E-state index contributed by atoms with van der Waals surface area (Å²) in [7, 11) is 0. The molecule has 0 radical (unpaired) electrons. The van der Waals surface area contributed by atoms with E-state index in [1.165, 1.54) is 0 Å². The zero-order valence-corrected chi connectivity index (χ0v) is 19.0. The van der Waals surface area contributed by atoms with E-state index in [-0.39, 0.29) is 23.9 Å². The molecule has 2 fully saturated rings. The summed E-state index contributed by atoms with van der Waals surface area (Å²) >= 11 is 0. The van der Waals surface area contributed by atoms with Gasteiger partial charge in [0.15, 0.2) is 0 Å². The van der Waals surface area contributed by atoms with E-state index in [0.717, 1.165) is 37.1 Å². The van der Waals surface area contributed by atoms with E-state index < -0.39 is 0 Å². The van der Waals surface area contributed by atoms with Crippen LogP contribution in [0.4, 0.5) is 4.79 Å². The minimum atomic E-state index is -0.201. The Morgan fingerprint density at radius 2 is 1.34 bits per heavy atom. The third-order valence-electron chi connectivity index (χ3n) is 6.53. The zero-order chi connectivity index (χ0) is 22.5. The maximum Gasteiger partial charge on any atom is 0.318 e. The number of nitrogens with zero attached hydrogens (tertiary/aromatic N) is 2. The number of urea groups is 1. The van der Waals surface area contributed by atoms with Crippen LogP contribution in [0.15, 0.2) is 60.7 Å².